The number of aliphatic hydroxyl groups is 1. The molecule has 8 nitrogen and oxygen atoms in total. The monoisotopic (exact) mass is 563 g/mol. The highest BCUT2D eigenvalue weighted by Crippen LogP contribution is 2.49. The Kier molecular flexibility index (Phi) is 5.31. The number of alkyl halides is 3. The molecule has 1 saturated carbocycles. The molecule has 2 aromatic heterocycles. The molecule has 0 atom stereocenters. The zero-order valence-electron chi connectivity index (χ0n) is 21.1. The number of halogens is 5. The summed E-state index contributed by atoms with van der Waals surface area (Å²) in [5, 5.41) is 19.5. The molecule has 1 N–H and O–H groups in total. The second kappa shape index (κ2) is 8.28. The van der Waals surface area contributed by atoms with Gasteiger partial charge in [-0.05, 0) is 42.8 Å². The molecule has 3 aliphatic heterocycles. The maximum absolute atomic E-state index is 13.6. The third-order valence-corrected chi connectivity index (χ3v) is 8.86. The first-order chi connectivity index (χ1) is 18.4. The minimum Gasteiger partial charge on any atom is -0.380 e. The van der Waals surface area contributed by atoms with E-state index in [1.54, 1.807) is 19.1 Å². The van der Waals surface area contributed by atoms with Crippen LogP contribution in [0.5, 0.6) is 0 Å². The fourth-order valence-corrected chi connectivity index (χ4v) is 6.62. The normalized spacial score (nSPS) is 25.9. The van der Waals surface area contributed by atoms with Crippen LogP contribution in [0, 0.1) is 18.2 Å². The quantitative estimate of drug-likeness (QED) is 0.485. The first-order valence-electron chi connectivity index (χ1n) is 12.8. The van der Waals surface area contributed by atoms with Crippen LogP contribution >= 0.6 is 11.6 Å². The molecule has 3 aromatic rings. The van der Waals surface area contributed by atoms with Gasteiger partial charge in [0.05, 0.1) is 17.9 Å². The van der Waals surface area contributed by atoms with Crippen molar-refractivity contribution in [1.29, 1.82) is 0 Å². The van der Waals surface area contributed by atoms with Gasteiger partial charge in [0.15, 0.2) is 11.4 Å². The lowest BCUT2D eigenvalue weighted by atomic mass is 9.73. The first-order valence-corrected chi connectivity index (χ1v) is 13.2. The minimum atomic E-state index is -4.65. The molecule has 13 heteroatoms. The molecule has 0 radical (unpaired) electrons. The van der Waals surface area contributed by atoms with Crippen LogP contribution in [0.2, 0.25) is 5.02 Å². The Labute approximate surface area is 226 Å². The third kappa shape index (κ3) is 3.90. The highest BCUT2D eigenvalue weighted by atomic mass is 35.5. The van der Waals surface area contributed by atoms with E-state index in [1.165, 1.54) is 6.07 Å². The van der Waals surface area contributed by atoms with Crippen molar-refractivity contribution in [2.75, 3.05) is 36.0 Å². The molecule has 206 valence electrons. The zero-order chi connectivity index (χ0) is 27.3. The molecule has 1 aliphatic carbocycles. The summed E-state index contributed by atoms with van der Waals surface area (Å²) in [6.45, 7) is 5.52. The lowest BCUT2D eigenvalue weighted by Crippen LogP contribution is -2.73. The summed E-state index contributed by atoms with van der Waals surface area (Å²) in [5.74, 6) is 1.78. The highest BCUT2D eigenvalue weighted by Gasteiger charge is 2.62. The molecule has 0 amide bonds. The van der Waals surface area contributed by atoms with E-state index in [0.29, 0.717) is 35.6 Å². The van der Waals surface area contributed by atoms with E-state index in [0.717, 1.165) is 43.2 Å². The van der Waals surface area contributed by atoms with Crippen LogP contribution in [0.25, 0.3) is 5.69 Å². The van der Waals surface area contributed by atoms with Gasteiger partial charge in [-0.1, -0.05) is 11.6 Å². The van der Waals surface area contributed by atoms with Gasteiger partial charge in [0, 0.05) is 62.0 Å². The van der Waals surface area contributed by atoms with E-state index >= 15 is 0 Å². The summed E-state index contributed by atoms with van der Waals surface area (Å²) in [6, 6.07) is 8.22. The van der Waals surface area contributed by atoms with Crippen LogP contribution in [0.1, 0.15) is 29.9 Å². The number of aromatic nitrogens is 4. The largest absolute Gasteiger partial charge is 0.417 e. The molecule has 0 unspecified atom stereocenters. The number of fused-ring (bicyclic) bond motifs is 3. The number of hydrogen-bond acceptors (Lipinski definition) is 7. The molecule has 1 aromatic carbocycles. The van der Waals surface area contributed by atoms with E-state index < -0.39 is 17.8 Å². The number of anilines is 2. The van der Waals surface area contributed by atoms with Crippen LogP contribution in [0.15, 0.2) is 30.3 Å². The Morgan fingerprint density at radius 2 is 1.72 bits per heavy atom. The molecule has 2 saturated heterocycles. The van der Waals surface area contributed by atoms with Crippen LogP contribution in [-0.2, 0) is 13.1 Å². The molecule has 3 fully saturated rings. The van der Waals surface area contributed by atoms with Crippen LogP contribution in [-0.4, -0.2) is 73.8 Å². The average Bonchev–Trinajstić information content (AvgIpc) is 3.11. The van der Waals surface area contributed by atoms with E-state index in [9.17, 15) is 22.7 Å². The molecular formula is C26H26ClF4N7O. The standard InChI is InChI=1S/C26H26ClF4N7O/c1-15-19(28)3-5-21(32-15)36-11-24(12-36)13-37(14-24)23-34-33-22-10-35(18-7-25(39,8-18)26(29,30)31)9-16-6-17(27)2-4-20(16)38(22)23/h2-6,18,39H,7-14H2,1H3. The van der Waals surface area contributed by atoms with Crippen molar-refractivity contribution < 1.29 is 22.7 Å². The summed E-state index contributed by atoms with van der Waals surface area (Å²) in [7, 11) is 0. The van der Waals surface area contributed by atoms with Gasteiger partial charge in [-0.15, -0.1) is 10.2 Å². The fourth-order valence-electron chi connectivity index (χ4n) is 6.42. The zero-order valence-corrected chi connectivity index (χ0v) is 21.8. The van der Waals surface area contributed by atoms with Gasteiger partial charge in [0.2, 0.25) is 5.95 Å². The van der Waals surface area contributed by atoms with Crippen molar-refractivity contribution in [1.82, 2.24) is 24.6 Å². The van der Waals surface area contributed by atoms with Crippen molar-refractivity contribution in [3.8, 4) is 5.69 Å². The van der Waals surface area contributed by atoms with Gasteiger partial charge >= 0.3 is 6.18 Å². The predicted octanol–water partition coefficient (Wildman–Crippen LogP) is 3.86. The van der Waals surface area contributed by atoms with Gasteiger partial charge < -0.3 is 14.9 Å². The predicted molar refractivity (Wildman–Crippen MR) is 135 cm³/mol. The Morgan fingerprint density at radius 1 is 1.00 bits per heavy atom. The maximum atomic E-state index is 13.6. The molecule has 1 spiro atoms. The summed E-state index contributed by atoms with van der Waals surface area (Å²) in [6.07, 6.45) is -5.40. The highest BCUT2D eigenvalue weighted by molar-refractivity contribution is 6.30. The maximum Gasteiger partial charge on any atom is 0.417 e. The summed E-state index contributed by atoms with van der Waals surface area (Å²) in [5.41, 5.74) is -0.459. The topological polar surface area (TPSA) is 73.6 Å². The van der Waals surface area contributed by atoms with E-state index in [2.05, 4.69) is 25.0 Å². The number of pyridine rings is 1. The van der Waals surface area contributed by atoms with Gasteiger partial charge in [-0.25, -0.2) is 9.37 Å². The minimum absolute atomic E-state index is 0.0872. The van der Waals surface area contributed by atoms with Crippen LogP contribution in [0.4, 0.5) is 29.3 Å². The summed E-state index contributed by atoms with van der Waals surface area (Å²) >= 11 is 6.31. The Bertz CT molecular complexity index is 1460. The Morgan fingerprint density at radius 3 is 2.41 bits per heavy atom. The number of benzene rings is 1. The summed E-state index contributed by atoms with van der Waals surface area (Å²) < 4.78 is 55.5. The smallest absolute Gasteiger partial charge is 0.380 e. The molecule has 5 heterocycles. The van der Waals surface area contributed by atoms with E-state index in [1.807, 2.05) is 21.6 Å². The second-order valence-electron chi connectivity index (χ2n) is 11.5. The first kappa shape index (κ1) is 25.0. The van der Waals surface area contributed by atoms with Crippen molar-refractivity contribution in [2.45, 2.75) is 50.7 Å². The SMILES string of the molecule is Cc1nc(N2CC3(C2)CN(c2nnc4n2-c2ccc(Cl)cc2CN(C2CC(O)(C(F)(F)F)C2)C4)C3)ccc1F. The molecule has 39 heavy (non-hydrogen) atoms. The number of hydrogen-bond donors (Lipinski definition) is 1. The average molecular weight is 564 g/mol. The van der Waals surface area contributed by atoms with Crippen molar-refractivity contribution in [3.63, 3.8) is 0 Å². The Balaban J connectivity index is 1.11. The lowest BCUT2D eigenvalue weighted by Gasteiger charge is -2.60. The summed E-state index contributed by atoms with van der Waals surface area (Å²) in [4.78, 5) is 10.6. The van der Waals surface area contributed by atoms with E-state index in [-0.39, 0.29) is 24.1 Å². The number of nitrogens with zero attached hydrogens (tertiary/aromatic N) is 7. The molecular weight excluding hydrogens is 538 g/mol. The van der Waals surface area contributed by atoms with Crippen molar-refractivity contribution >= 4 is 23.4 Å². The van der Waals surface area contributed by atoms with Crippen LogP contribution in [0.3, 0.4) is 0 Å². The van der Waals surface area contributed by atoms with E-state index in [4.69, 9.17) is 11.6 Å². The van der Waals surface area contributed by atoms with Gasteiger partial charge in [0.1, 0.15) is 11.6 Å². The fraction of sp³-hybridized carbons (Fsp3) is 0.500. The Hall–Kier alpha value is -2.96. The lowest BCUT2D eigenvalue weighted by molar-refractivity contribution is -0.300. The van der Waals surface area contributed by atoms with Gasteiger partial charge in [-0.3, -0.25) is 9.47 Å². The van der Waals surface area contributed by atoms with Crippen molar-refractivity contribution in [3.05, 3.63) is 58.3 Å². The molecule has 0 bridgehead atoms. The number of aryl methyl sites for hydroxylation is 1. The second-order valence-corrected chi connectivity index (χ2v) is 11.9. The molecule has 4 aliphatic rings. The third-order valence-electron chi connectivity index (χ3n) is 8.62. The molecule has 7 rings (SSSR count). The van der Waals surface area contributed by atoms with Crippen molar-refractivity contribution in [2.24, 2.45) is 5.41 Å². The van der Waals surface area contributed by atoms with Crippen LogP contribution < -0.4 is 9.80 Å². The number of rotatable bonds is 3. The van der Waals surface area contributed by atoms with Gasteiger partial charge in [0.25, 0.3) is 0 Å². The van der Waals surface area contributed by atoms with Gasteiger partial charge in [-0.2, -0.15) is 13.2 Å².